The SMILES string of the molecule is C=N/C=C\C(=C/C)c1noc2c1CNCC2. The summed E-state index contributed by atoms with van der Waals surface area (Å²) >= 11 is 0. The second kappa shape index (κ2) is 4.90. The first-order valence-electron chi connectivity index (χ1n) is 5.34. The molecule has 4 nitrogen and oxygen atoms in total. The monoisotopic (exact) mass is 217 g/mol. The quantitative estimate of drug-likeness (QED) is 0.621. The highest BCUT2D eigenvalue weighted by atomic mass is 16.5. The molecule has 1 aliphatic heterocycles. The van der Waals surface area contributed by atoms with Gasteiger partial charge in [-0.15, -0.1) is 0 Å². The summed E-state index contributed by atoms with van der Waals surface area (Å²) in [6, 6.07) is 0. The van der Waals surface area contributed by atoms with E-state index in [1.807, 2.05) is 19.1 Å². The third-order valence-electron chi connectivity index (χ3n) is 2.64. The van der Waals surface area contributed by atoms with Crippen molar-refractivity contribution in [3.8, 4) is 0 Å². The Kier molecular flexibility index (Phi) is 3.31. The molecule has 0 saturated carbocycles. The zero-order valence-electron chi connectivity index (χ0n) is 9.36. The van der Waals surface area contributed by atoms with Gasteiger partial charge in [-0.05, 0) is 19.7 Å². The van der Waals surface area contributed by atoms with E-state index in [1.54, 1.807) is 6.20 Å². The summed E-state index contributed by atoms with van der Waals surface area (Å²) in [5.41, 5.74) is 3.08. The number of nitrogens with zero attached hydrogens (tertiary/aromatic N) is 2. The van der Waals surface area contributed by atoms with Crippen molar-refractivity contribution < 1.29 is 4.52 Å². The minimum absolute atomic E-state index is 0.820. The van der Waals surface area contributed by atoms with Crippen molar-refractivity contribution in [2.75, 3.05) is 6.54 Å². The first-order chi connectivity index (χ1) is 7.86. The lowest BCUT2D eigenvalue weighted by molar-refractivity contribution is 0.371. The summed E-state index contributed by atoms with van der Waals surface area (Å²) < 4.78 is 5.34. The van der Waals surface area contributed by atoms with Crippen molar-refractivity contribution >= 4 is 12.3 Å². The van der Waals surface area contributed by atoms with Gasteiger partial charge in [-0.2, -0.15) is 0 Å². The van der Waals surface area contributed by atoms with Gasteiger partial charge < -0.3 is 9.84 Å². The number of hydrogen-bond acceptors (Lipinski definition) is 4. The fourth-order valence-corrected chi connectivity index (χ4v) is 1.81. The topological polar surface area (TPSA) is 50.4 Å². The summed E-state index contributed by atoms with van der Waals surface area (Å²) in [5.74, 6) is 0.994. The fraction of sp³-hybridized carbons (Fsp3) is 0.333. The Morgan fingerprint density at radius 3 is 3.25 bits per heavy atom. The van der Waals surface area contributed by atoms with Gasteiger partial charge in [0, 0.05) is 36.8 Å². The molecule has 1 aromatic rings. The molecule has 0 amide bonds. The number of fused-ring (bicyclic) bond motifs is 1. The molecular weight excluding hydrogens is 202 g/mol. The van der Waals surface area contributed by atoms with Crippen LogP contribution in [0.3, 0.4) is 0 Å². The van der Waals surface area contributed by atoms with E-state index in [0.29, 0.717) is 0 Å². The van der Waals surface area contributed by atoms with Gasteiger partial charge in [0.1, 0.15) is 11.5 Å². The Bertz CT molecular complexity index is 443. The Hall–Kier alpha value is -1.68. The van der Waals surface area contributed by atoms with Crippen LogP contribution >= 0.6 is 0 Å². The highest BCUT2D eigenvalue weighted by Gasteiger charge is 2.19. The third-order valence-corrected chi connectivity index (χ3v) is 2.64. The zero-order chi connectivity index (χ0) is 11.4. The van der Waals surface area contributed by atoms with Crippen molar-refractivity contribution in [1.82, 2.24) is 10.5 Å². The first-order valence-corrected chi connectivity index (χ1v) is 5.34. The summed E-state index contributed by atoms with van der Waals surface area (Å²) in [7, 11) is 0. The molecular formula is C12H15N3O. The molecule has 2 rings (SSSR count). The molecule has 0 fully saturated rings. The number of aliphatic imine (C=N–C) groups is 1. The molecule has 0 bridgehead atoms. The molecule has 1 aromatic heterocycles. The van der Waals surface area contributed by atoms with Gasteiger partial charge in [0.25, 0.3) is 0 Å². The van der Waals surface area contributed by atoms with Crippen LogP contribution in [0.4, 0.5) is 0 Å². The summed E-state index contributed by atoms with van der Waals surface area (Å²) in [4.78, 5) is 3.70. The maximum Gasteiger partial charge on any atom is 0.143 e. The van der Waals surface area contributed by atoms with E-state index in [4.69, 9.17) is 4.52 Å². The lowest BCUT2D eigenvalue weighted by Gasteiger charge is -2.11. The van der Waals surface area contributed by atoms with Gasteiger partial charge >= 0.3 is 0 Å². The first kappa shape index (κ1) is 10.8. The standard InChI is InChI=1S/C12H15N3O/c1-3-9(4-6-13-2)12-10-8-14-7-5-11(10)16-15-12/h3-4,6,14H,2,5,7-8H2,1H3/b6-4-,9-3+. The molecule has 1 N–H and O–H groups in total. The second-order valence-corrected chi connectivity index (χ2v) is 3.60. The molecule has 16 heavy (non-hydrogen) atoms. The van der Waals surface area contributed by atoms with Crippen LogP contribution in [-0.2, 0) is 13.0 Å². The molecule has 0 unspecified atom stereocenters. The van der Waals surface area contributed by atoms with E-state index in [0.717, 1.165) is 42.1 Å². The Morgan fingerprint density at radius 2 is 2.50 bits per heavy atom. The number of rotatable bonds is 3. The smallest absolute Gasteiger partial charge is 0.143 e. The van der Waals surface area contributed by atoms with Crippen LogP contribution in [0.5, 0.6) is 0 Å². The van der Waals surface area contributed by atoms with Crippen LogP contribution in [0, 0.1) is 0 Å². The number of nitrogens with one attached hydrogen (secondary N) is 1. The van der Waals surface area contributed by atoms with Gasteiger partial charge in [-0.25, -0.2) is 0 Å². The van der Waals surface area contributed by atoms with E-state index < -0.39 is 0 Å². The van der Waals surface area contributed by atoms with Crippen molar-refractivity contribution in [2.24, 2.45) is 4.99 Å². The zero-order valence-corrected chi connectivity index (χ0v) is 9.36. The Labute approximate surface area is 94.7 Å². The maximum absolute atomic E-state index is 5.34. The predicted octanol–water partition coefficient (Wildman–Crippen LogP) is 1.94. The van der Waals surface area contributed by atoms with Crippen molar-refractivity contribution in [3.63, 3.8) is 0 Å². The van der Waals surface area contributed by atoms with Gasteiger partial charge in [-0.1, -0.05) is 11.2 Å². The van der Waals surface area contributed by atoms with E-state index in [1.165, 1.54) is 0 Å². The van der Waals surface area contributed by atoms with E-state index in [9.17, 15) is 0 Å². The van der Waals surface area contributed by atoms with Gasteiger partial charge in [0.15, 0.2) is 0 Å². The molecule has 0 spiro atoms. The highest BCUT2D eigenvalue weighted by molar-refractivity contribution is 5.73. The van der Waals surface area contributed by atoms with Crippen molar-refractivity contribution in [1.29, 1.82) is 0 Å². The van der Waals surface area contributed by atoms with Crippen LogP contribution in [-0.4, -0.2) is 18.4 Å². The molecule has 0 radical (unpaired) electrons. The van der Waals surface area contributed by atoms with Crippen LogP contribution in [0.15, 0.2) is 27.9 Å². The van der Waals surface area contributed by atoms with Crippen LogP contribution in [0.1, 0.15) is 23.9 Å². The fourth-order valence-electron chi connectivity index (χ4n) is 1.81. The summed E-state index contributed by atoms with van der Waals surface area (Å²) in [6.45, 7) is 7.16. The van der Waals surface area contributed by atoms with E-state index in [-0.39, 0.29) is 0 Å². The molecule has 0 aliphatic carbocycles. The predicted molar refractivity (Wildman–Crippen MR) is 64.3 cm³/mol. The normalized spacial score (nSPS) is 16.4. The summed E-state index contributed by atoms with van der Waals surface area (Å²) in [6.07, 6.45) is 6.45. The molecule has 84 valence electrons. The molecule has 0 aromatic carbocycles. The highest BCUT2D eigenvalue weighted by Crippen LogP contribution is 2.24. The summed E-state index contributed by atoms with van der Waals surface area (Å²) in [5, 5.41) is 7.44. The van der Waals surface area contributed by atoms with Crippen molar-refractivity contribution in [3.05, 3.63) is 35.4 Å². The van der Waals surface area contributed by atoms with Gasteiger partial charge in [0.2, 0.25) is 0 Å². The third kappa shape index (κ3) is 1.97. The minimum atomic E-state index is 0.820. The maximum atomic E-state index is 5.34. The number of aromatic nitrogens is 1. The molecule has 4 heteroatoms. The van der Waals surface area contributed by atoms with Gasteiger partial charge in [-0.3, -0.25) is 4.99 Å². The van der Waals surface area contributed by atoms with Crippen LogP contribution in [0.25, 0.3) is 5.57 Å². The number of hydrogen-bond donors (Lipinski definition) is 1. The molecule has 0 atom stereocenters. The average molecular weight is 217 g/mol. The lowest BCUT2D eigenvalue weighted by atomic mass is 10.0. The second-order valence-electron chi connectivity index (χ2n) is 3.60. The van der Waals surface area contributed by atoms with Crippen LogP contribution in [0.2, 0.25) is 0 Å². The van der Waals surface area contributed by atoms with E-state index in [2.05, 4.69) is 22.2 Å². The molecule has 0 saturated heterocycles. The largest absolute Gasteiger partial charge is 0.360 e. The van der Waals surface area contributed by atoms with Gasteiger partial charge in [0.05, 0.1) is 0 Å². The van der Waals surface area contributed by atoms with E-state index >= 15 is 0 Å². The van der Waals surface area contributed by atoms with Crippen LogP contribution < -0.4 is 5.32 Å². The lowest BCUT2D eigenvalue weighted by Crippen LogP contribution is -2.23. The molecule has 2 heterocycles. The average Bonchev–Trinajstić information content (AvgIpc) is 2.75. The Morgan fingerprint density at radius 1 is 1.62 bits per heavy atom. The minimum Gasteiger partial charge on any atom is -0.360 e. The Balaban J connectivity index is 2.35. The van der Waals surface area contributed by atoms with Crippen molar-refractivity contribution in [2.45, 2.75) is 19.9 Å². The number of allylic oxidation sites excluding steroid dienone is 3. The molecule has 1 aliphatic rings.